The van der Waals surface area contributed by atoms with Crippen LogP contribution in [-0.2, 0) is 0 Å². The lowest BCUT2D eigenvalue weighted by molar-refractivity contribution is 1.08. The van der Waals surface area contributed by atoms with Gasteiger partial charge in [0.1, 0.15) is 22.9 Å². The maximum Gasteiger partial charge on any atom is 0.182 e. The Kier molecular flexibility index (Phi) is 3.71. The van der Waals surface area contributed by atoms with E-state index in [2.05, 4.69) is 19.9 Å². The van der Waals surface area contributed by atoms with Crippen molar-refractivity contribution in [2.24, 2.45) is 0 Å². The number of halogens is 2. The number of aromatic amines is 1. The molecule has 0 spiro atoms. The Balaban J connectivity index is 2.01. The Morgan fingerprint density at radius 2 is 1.54 bits per heavy atom. The summed E-state index contributed by atoms with van der Waals surface area (Å²) in [6.45, 7) is 1.82. The predicted octanol–water partition coefficient (Wildman–Crippen LogP) is 5.30. The van der Waals surface area contributed by atoms with Crippen molar-refractivity contribution in [2.45, 2.75) is 6.92 Å². The molecule has 4 rings (SSSR count). The molecule has 0 aliphatic heterocycles. The SMILES string of the molecule is Cc1nc(-c2c(Cl)cccc2Cl)c2[nH]c(-c3ccccc3)nc2n1. The molecule has 0 fully saturated rings. The number of hydrogen-bond acceptors (Lipinski definition) is 3. The van der Waals surface area contributed by atoms with Gasteiger partial charge in [0, 0.05) is 11.1 Å². The van der Waals surface area contributed by atoms with Crippen molar-refractivity contribution in [1.82, 2.24) is 19.9 Å². The number of aryl methyl sites for hydroxylation is 1. The summed E-state index contributed by atoms with van der Waals surface area (Å²) in [7, 11) is 0. The van der Waals surface area contributed by atoms with Crippen molar-refractivity contribution in [3.05, 3.63) is 64.4 Å². The monoisotopic (exact) mass is 354 g/mol. The van der Waals surface area contributed by atoms with Gasteiger partial charge in [0.25, 0.3) is 0 Å². The summed E-state index contributed by atoms with van der Waals surface area (Å²) in [6, 6.07) is 15.3. The van der Waals surface area contributed by atoms with Crippen LogP contribution in [0, 0.1) is 6.92 Å². The Morgan fingerprint density at radius 3 is 2.25 bits per heavy atom. The molecule has 2 aromatic heterocycles. The molecule has 0 aliphatic carbocycles. The summed E-state index contributed by atoms with van der Waals surface area (Å²) in [5.41, 5.74) is 3.62. The first-order valence-electron chi connectivity index (χ1n) is 7.37. The van der Waals surface area contributed by atoms with E-state index in [9.17, 15) is 0 Å². The molecule has 24 heavy (non-hydrogen) atoms. The highest BCUT2D eigenvalue weighted by molar-refractivity contribution is 6.39. The Morgan fingerprint density at radius 1 is 0.833 bits per heavy atom. The van der Waals surface area contributed by atoms with Crippen LogP contribution in [0.3, 0.4) is 0 Å². The van der Waals surface area contributed by atoms with E-state index in [0.717, 1.165) is 16.9 Å². The molecule has 0 unspecified atom stereocenters. The molecule has 0 amide bonds. The van der Waals surface area contributed by atoms with Gasteiger partial charge in [-0.05, 0) is 19.1 Å². The van der Waals surface area contributed by atoms with Gasteiger partial charge in [-0.25, -0.2) is 15.0 Å². The molecule has 118 valence electrons. The second kappa shape index (κ2) is 5.89. The van der Waals surface area contributed by atoms with Crippen molar-refractivity contribution in [2.75, 3.05) is 0 Å². The normalized spacial score (nSPS) is 11.1. The molecule has 4 aromatic rings. The minimum atomic E-state index is 0.540. The lowest BCUT2D eigenvalue weighted by Gasteiger charge is -2.07. The Labute approximate surface area is 148 Å². The van der Waals surface area contributed by atoms with E-state index in [1.165, 1.54) is 0 Å². The molecule has 6 heteroatoms. The van der Waals surface area contributed by atoms with Crippen molar-refractivity contribution in [3.63, 3.8) is 0 Å². The summed E-state index contributed by atoms with van der Waals surface area (Å²) < 4.78 is 0. The zero-order valence-corrected chi connectivity index (χ0v) is 14.2. The summed E-state index contributed by atoms with van der Waals surface area (Å²) >= 11 is 12.7. The van der Waals surface area contributed by atoms with E-state index in [1.807, 2.05) is 43.3 Å². The van der Waals surface area contributed by atoms with Crippen LogP contribution in [0.15, 0.2) is 48.5 Å². The quantitative estimate of drug-likeness (QED) is 0.531. The van der Waals surface area contributed by atoms with Crippen LogP contribution in [0.25, 0.3) is 33.8 Å². The number of aromatic nitrogens is 4. The lowest BCUT2D eigenvalue weighted by Crippen LogP contribution is -1.94. The van der Waals surface area contributed by atoms with Gasteiger partial charge in [0.2, 0.25) is 0 Å². The minimum Gasteiger partial charge on any atom is -0.335 e. The first-order valence-corrected chi connectivity index (χ1v) is 8.13. The van der Waals surface area contributed by atoms with Crippen molar-refractivity contribution in [1.29, 1.82) is 0 Å². The van der Waals surface area contributed by atoms with Crippen LogP contribution in [0.4, 0.5) is 0 Å². The summed E-state index contributed by atoms with van der Waals surface area (Å²) in [5.74, 6) is 1.34. The van der Waals surface area contributed by atoms with E-state index in [1.54, 1.807) is 12.1 Å². The summed E-state index contributed by atoms with van der Waals surface area (Å²) in [4.78, 5) is 16.9. The van der Waals surface area contributed by atoms with Crippen molar-refractivity contribution in [3.8, 4) is 22.6 Å². The number of nitrogens with one attached hydrogen (secondary N) is 1. The van der Waals surface area contributed by atoms with Gasteiger partial charge in [0.05, 0.1) is 10.0 Å². The van der Waals surface area contributed by atoms with Gasteiger partial charge in [-0.2, -0.15) is 0 Å². The highest BCUT2D eigenvalue weighted by atomic mass is 35.5. The van der Waals surface area contributed by atoms with Crippen LogP contribution in [0.2, 0.25) is 10.0 Å². The van der Waals surface area contributed by atoms with Gasteiger partial charge < -0.3 is 4.98 Å². The Hall–Kier alpha value is -2.43. The third-order valence-electron chi connectivity index (χ3n) is 3.71. The molecule has 0 atom stereocenters. The largest absolute Gasteiger partial charge is 0.335 e. The molecule has 0 bridgehead atoms. The average Bonchev–Trinajstić information content (AvgIpc) is 2.99. The zero-order valence-electron chi connectivity index (χ0n) is 12.7. The van der Waals surface area contributed by atoms with Crippen molar-refractivity contribution < 1.29 is 0 Å². The van der Waals surface area contributed by atoms with E-state index < -0.39 is 0 Å². The van der Waals surface area contributed by atoms with Crippen molar-refractivity contribution >= 4 is 34.4 Å². The average molecular weight is 355 g/mol. The van der Waals surface area contributed by atoms with Crippen LogP contribution in [0.5, 0.6) is 0 Å². The van der Waals surface area contributed by atoms with E-state index >= 15 is 0 Å². The molecule has 2 aromatic carbocycles. The minimum absolute atomic E-state index is 0.540. The molecule has 0 radical (unpaired) electrons. The Bertz CT molecular complexity index is 1020. The third kappa shape index (κ3) is 2.54. The molecular weight excluding hydrogens is 343 g/mol. The smallest absolute Gasteiger partial charge is 0.182 e. The van der Waals surface area contributed by atoms with E-state index in [-0.39, 0.29) is 0 Å². The maximum absolute atomic E-state index is 6.36. The number of imidazole rings is 1. The second-order valence-electron chi connectivity index (χ2n) is 5.37. The number of benzene rings is 2. The van der Waals surface area contributed by atoms with Crippen LogP contribution in [0.1, 0.15) is 5.82 Å². The zero-order chi connectivity index (χ0) is 16.7. The molecule has 1 N–H and O–H groups in total. The third-order valence-corrected chi connectivity index (χ3v) is 4.34. The van der Waals surface area contributed by atoms with Gasteiger partial charge in [0.15, 0.2) is 5.65 Å². The first kappa shape index (κ1) is 15.1. The van der Waals surface area contributed by atoms with E-state index in [4.69, 9.17) is 23.2 Å². The van der Waals surface area contributed by atoms with Gasteiger partial charge >= 0.3 is 0 Å². The second-order valence-corrected chi connectivity index (χ2v) is 6.18. The number of H-pyrrole nitrogens is 1. The molecule has 0 aliphatic rings. The van der Waals surface area contributed by atoms with E-state index in [0.29, 0.717) is 32.8 Å². The summed E-state index contributed by atoms with van der Waals surface area (Å²) in [6.07, 6.45) is 0. The molecular formula is C18H12Cl2N4. The van der Waals surface area contributed by atoms with Gasteiger partial charge in [-0.15, -0.1) is 0 Å². The number of hydrogen-bond donors (Lipinski definition) is 1. The number of nitrogens with zero attached hydrogens (tertiary/aromatic N) is 3. The van der Waals surface area contributed by atoms with Gasteiger partial charge in [-0.3, -0.25) is 0 Å². The topological polar surface area (TPSA) is 54.5 Å². The summed E-state index contributed by atoms with van der Waals surface area (Å²) in [5, 5.41) is 1.08. The highest BCUT2D eigenvalue weighted by Gasteiger charge is 2.18. The fraction of sp³-hybridized carbons (Fsp3) is 0.0556. The van der Waals surface area contributed by atoms with Crippen LogP contribution >= 0.6 is 23.2 Å². The van der Waals surface area contributed by atoms with Crippen LogP contribution < -0.4 is 0 Å². The highest BCUT2D eigenvalue weighted by Crippen LogP contribution is 2.36. The number of rotatable bonds is 2. The lowest BCUT2D eigenvalue weighted by atomic mass is 10.1. The molecule has 0 saturated heterocycles. The molecule has 4 nitrogen and oxygen atoms in total. The van der Waals surface area contributed by atoms with Crippen LogP contribution in [-0.4, -0.2) is 19.9 Å². The fourth-order valence-corrected chi connectivity index (χ4v) is 3.22. The molecule has 2 heterocycles. The fourth-order valence-electron chi connectivity index (χ4n) is 2.64. The maximum atomic E-state index is 6.36. The number of fused-ring (bicyclic) bond motifs is 1. The predicted molar refractivity (Wildman–Crippen MR) is 97.3 cm³/mol. The standard InChI is InChI=1S/C18H12Cl2N4/c1-10-21-15(14-12(19)8-5-9-13(14)20)16-18(22-10)24-17(23-16)11-6-3-2-4-7-11/h2-9H,1H3,(H,21,22,23,24). The molecule has 0 saturated carbocycles. The van der Waals surface area contributed by atoms with Gasteiger partial charge in [-0.1, -0.05) is 59.6 Å². The first-order chi connectivity index (χ1) is 11.6.